The summed E-state index contributed by atoms with van der Waals surface area (Å²) in [4.78, 5) is 11.2. The number of carbonyl (C=O) groups is 1. The summed E-state index contributed by atoms with van der Waals surface area (Å²) in [6, 6.07) is 8.01. The van der Waals surface area contributed by atoms with Gasteiger partial charge < -0.3 is 5.73 Å². The molecule has 0 aliphatic rings. The number of benzene rings is 1. The fraction of sp³-hybridized carbons (Fsp3) is 0.417. The molecule has 0 fully saturated rings. The zero-order valence-electron chi connectivity index (χ0n) is 8.79. The quantitative estimate of drug-likeness (QED) is 0.779. The molecular weight excluding hydrogens is 174 g/mol. The Hall–Kier alpha value is -1.31. The highest BCUT2D eigenvalue weighted by Gasteiger charge is 2.17. The van der Waals surface area contributed by atoms with Gasteiger partial charge in [-0.05, 0) is 24.0 Å². The van der Waals surface area contributed by atoms with Crippen molar-refractivity contribution in [3.8, 4) is 0 Å². The topological polar surface area (TPSA) is 43.1 Å². The van der Waals surface area contributed by atoms with Crippen molar-refractivity contribution < 1.29 is 4.79 Å². The molecule has 0 heterocycles. The van der Waals surface area contributed by atoms with Crippen molar-refractivity contribution in [2.75, 3.05) is 0 Å². The maximum Gasteiger partial charge on any atom is 0.224 e. The molecule has 0 aromatic heterocycles. The molecule has 0 saturated carbocycles. The van der Waals surface area contributed by atoms with Gasteiger partial charge in [-0.3, -0.25) is 4.79 Å². The first-order valence-electron chi connectivity index (χ1n) is 5.07. The molecule has 2 heteroatoms. The lowest BCUT2D eigenvalue weighted by Crippen LogP contribution is -2.21. The predicted molar refractivity (Wildman–Crippen MR) is 58.0 cm³/mol. The number of carbonyl (C=O) groups excluding carboxylic acids is 1. The highest BCUT2D eigenvalue weighted by Crippen LogP contribution is 2.23. The first-order valence-corrected chi connectivity index (χ1v) is 5.07. The maximum absolute atomic E-state index is 11.2. The summed E-state index contributed by atoms with van der Waals surface area (Å²) in [5, 5.41) is 0. The van der Waals surface area contributed by atoms with Gasteiger partial charge in [0.2, 0.25) is 5.91 Å². The van der Waals surface area contributed by atoms with Crippen LogP contribution in [-0.2, 0) is 11.2 Å². The predicted octanol–water partition coefficient (Wildman–Crippen LogP) is 2.23. The van der Waals surface area contributed by atoms with E-state index in [1.165, 1.54) is 5.56 Å². The molecule has 2 nitrogen and oxygen atoms in total. The highest BCUT2D eigenvalue weighted by atomic mass is 16.1. The van der Waals surface area contributed by atoms with E-state index in [1.54, 1.807) is 0 Å². The largest absolute Gasteiger partial charge is 0.369 e. The molecule has 0 bridgehead atoms. The molecule has 2 N–H and O–H groups in total. The van der Waals surface area contributed by atoms with Crippen molar-refractivity contribution in [3.63, 3.8) is 0 Å². The van der Waals surface area contributed by atoms with E-state index in [-0.39, 0.29) is 11.8 Å². The van der Waals surface area contributed by atoms with E-state index >= 15 is 0 Å². The molecule has 1 aromatic rings. The Morgan fingerprint density at radius 3 is 2.50 bits per heavy atom. The summed E-state index contributed by atoms with van der Waals surface area (Å²) in [5.74, 6) is -0.362. The zero-order chi connectivity index (χ0) is 10.6. The Morgan fingerprint density at radius 1 is 1.36 bits per heavy atom. The van der Waals surface area contributed by atoms with E-state index in [0.29, 0.717) is 0 Å². The van der Waals surface area contributed by atoms with Crippen LogP contribution < -0.4 is 5.73 Å². The second-order valence-corrected chi connectivity index (χ2v) is 3.42. The van der Waals surface area contributed by atoms with Gasteiger partial charge in [0.25, 0.3) is 0 Å². The highest BCUT2D eigenvalue weighted by molar-refractivity contribution is 5.82. The average Bonchev–Trinajstić information content (AvgIpc) is 2.19. The molecule has 0 aliphatic carbocycles. The van der Waals surface area contributed by atoms with E-state index in [0.717, 1.165) is 18.4 Å². The molecule has 1 aromatic carbocycles. The fourth-order valence-electron chi connectivity index (χ4n) is 1.77. The smallest absolute Gasteiger partial charge is 0.224 e. The molecule has 14 heavy (non-hydrogen) atoms. The second-order valence-electron chi connectivity index (χ2n) is 3.42. The van der Waals surface area contributed by atoms with Crippen molar-refractivity contribution in [2.24, 2.45) is 5.73 Å². The number of aryl methyl sites for hydroxylation is 1. The van der Waals surface area contributed by atoms with E-state index in [2.05, 4.69) is 13.0 Å². The second kappa shape index (κ2) is 4.80. The zero-order valence-corrected chi connectivity index (χ0v) is 8.79. The Balaban J connectivity index is 3.08. The van der Waals surface area contributed by atoms with Gasteiger partial charge in [0, 0.05) is 0 Å². The third-order valence-corrected chi connectivity index (χ3v) is 2.56. The van der Waals surface area contributed by atoms with Gasteiger partial charge in [0.15, 0.2) is 0 Å². The molecule has 76 valence electrons. The Labute approximate surface area is 85.1 Å². The number of amides is 1. The van der Waals surface area contributed by atoms with Crippen molar-refractivity contribution in [3.05, 3.63) is 35.4 Å². The molecule has 0 spiro atoms. The van der Waals surface area contributed by atoms with Crippen molar-refractivity contribution in [2.45, 2.75) is 32.6 Å². The van der Waals surface area contributed by atoms with E-state index in [9.17, 15) is 4.79 Å². The number of primary amides is 1. The van der Waals surface area contributed by atoms with Crippen molar-refractivity contribution in [1.82, 2.24) is 0 Å². The van der Waals surface area contributed by atoms with Crippen LogP contribution in [0.25, 0.3) is 0 Å². The molecule has 1 atom stereocenters. The molecule has 1 amide bonds. The van der Waals surface area contributed by atoms with Gasteiger partial charge in [-0.25, -0.2) is 0 Å². The van der Waals surface area contributed by atoms with Crippen molar-refractivity contribution >= 4 is 5.91 Å². The number of hydrogen-bond acceptors (Lipinski definition) is 1. The molecule has 1 unspecified atom stereocenters. The third-order valence-electron chi connectivity index (χ3n) is 2.56. The van der Waals surface area contributed by atoms with Crippen LogP contribution in [0.3, 0.4) is 0 Å². The summed E-state index contributed by atoms with van der Waals surface area (Å²) >= 11 is 0. The monoisotopic (exact) mass is 191 g/mol. The minimum Gasteiger partial charge on any atom is -0.369 e. The summed E-state index contributed by atoms with van der Waals surface area (Å²) in [5.41, 5.74) is 7.67. The fourth-order valence-corrected chi connectivity index (χ4v) is 1.77. The van der Waals surface area contributed by atoms with Gasteiger partial charge >= 0.3 is 0 Å². The minimum atomic E-state index is -0.228. The molecular formula is C12H17NO. The van der Waals surface area contributed by atoms with Gasteiger partial charge in [-0.2, -0.15) is 0 Å². The van der Waals surface area contributed by atoms with Gasteiger partial charge in [-0.1, -0.05) is 38.1 Å². The van der Waals surface area contributed by atoms with Crippen LogP contribution in [0, 0.1) is 0 Å². The third kappa shape index (κ3) is 2.13. The minimum absolute atomic E-state index is 0.133. The SMILES string of the molecule is CCc1ccccc1C(CC)C(N)=O. The van der Waals surface area contributed by atoms with Crippen molar-refractivity contribution in [1.29, 1.82) is 0 Å². The normalized spacial score (nSPS) is 12.4. The van der Waals surface area contributed by atoms with Gasteiger partial charge in [0.05, 0.1) is 5.92 Å². The average molecular weight is 191 g/mol. The Bertz CT molecular complexity index is 320. The number of hydrogen-bond donors (Lipinski definition) is 1. The Morgan fingerprint density at radius 2 is 2.00 bits per heavy atom. The van der Waals surface area contributed by atoms with Crippen LogP contribution in [0.1, 0.15) is 37.3 Å². The molecule has 1 rings (SSSR count). The maximum atomic E-state index is 11.2. The number of rotatable bonds is 4. The lowest BCUT2D eigenvalue weighted by molar-refractivity contribution is -0.119. The summed E-state index contributed by atoms with van der Waals surface area (Å²) in [6.07, 6.45) is 1.71. The first-order chi connectivity index (χ1) is 6.70. The van der Waals surface area contributed by atoms with Crippen LogP contribution in [0.2, 0.25) is 0 Å². The van der Waals surface area contributed by atoms with Crippen LogP contribution in [0.15, 0.2) is 24.3 Å². The Kier molecular flexibility index (Phi) is 3.69. The summed E-state index contributed by atoms with van der Waals surface area (Å²) in [6.45, 7) is 4.08. The molecule has 0 radical (unpaired) electrons. The van der Waals surface area contributed by atoms with Gasteiger partial charge in [-0.15, -0.1) is 0 Å². The van der Waals surface area contributed by atoms with Crippen LogP contribution >= 0.6 is 0 Å². The van der Waals surface area contributed by atoms with E-state index in [1.807, 2.05) is 25.1 Å². The molecule has 0 aliphatic heterocycles. The summed E-state index contributed by atoms with van der Waals surface area (Å²) < 4.78 is 0. The van der Waals surface area contributed by atoms with Crippen LogP contribution in [-0.4, -0.2) is 5.91 Å². The lowest BCUT2D eigenvalue weighted by atomic mass is 9.90. The number of nitrogens with two attached hydrogens (primary N) is 1. The standard InChI is InChI=1S/C12H17NO/c1-3-9-7-5-6-8-11(9)10(4-2)12(13)14/h5-8,10H,3-4H2,1-2H3,(H2,13,14). The van der Waals surface area contributed by atoms with Crippen LogP contribution in [0.4, 0.5) is 0 Å². The first kappa shape index (κ1) is 10.8. The van der Waals surface area contributed by atoms with Crippen LogP contribution in [0.5, 0.6) is 0 Å². The van der Waals surface area contributed by atoms with E-state index in [4.69, 9.17) is 5.73 Å². The lowest BCUT2D eigenvalue weighted by Gasteiger charge is -2.14. The van der Waals surface area contributed by atoms with Gasteiger partial charge in [0.1, 0.15) is 0 Å². The summed E-state index contributed by atoms with van der Waals surface area (Å²) in [7, 11) is 0. The van der Waals surface area contributed by atoms with E-state index < -0.39 is 0 Å². The molecule has 0 saturated heterocycles.